The van der Waals surface area contributed by atoms with E-state index < -0.39 is 16.4 Å². The van der Waals surface area contributed by atoms with E-state index in [-0.39, 0.29) is 23.9 Å². The molecule has 6 rings (SSSR count). The second-order valence-electron chi connectivity index (χ2n) is 9.93. The third-order valence-electron chi connectivity index (χ3n) is 6.68. The molecule has 0 bridgehead atoms. The van der Waals surface area contributed by atoms with Crippen LogP contribution in [0.2, 0.25) is 0 Å². The molecule has 0 aliphatic rings. The molecule has 0 radical (unpaired) electrons. The molecule has 0 saturated carbocycles. The minimum absolute atomic E-state index is 0.0444. The van der Waals surface area contributed by atoms with Crippen LogP contribution in [0.1, 0.15) is 29.3 Å². The van der Waals surface area contributed by atoms with Crippen molar-refractivity contribution in [2.45, 2.75) is 26.1 Å². The van der Waals surface area contributed by atoms with E-state index in [2.05, 4.69) is 46.2 Å². The van der Waals surface area contributed by atoms with Crippen molar-refractivity contribution in [1.82, 2.24) is 24.9 Å². The fourth-order valence-corrected chi connectivity index (χ4v) is 6.23. The van der Waals surface area contributed by atoms with Gasteiger partial charge in [-0.25, -0.2) is 19.3 Å². The molecule has 0 aliphatic carbocycles. The van der Waals surface area contributed by atoms with E-state index in [1.54, 1.807) is 49.6 Å². The Bertz CT molecular complexity index is 2160. The van der Waals surface area contributed by atoms with Gasteiger partial charge in [0.05, 0.1) is 34.0 Å². The largest absolute Gasteiger partial charge is 0.488 e. The summed E-state index contributed by atoms with van der Waals surface area (Å²) in [7, 11) is -2.55. The number of fused-ring (bicyclic) bond motifs is 1. The van der Waals surface area contributed by atoms with Crippen molar-refractivity contribution in [1.29, 1.82) is 0 Å². The van der Waals surface area contributed by atoms with Crippen molar-refractivity contribution in [2.24, 2.45) is 0 Å². The Hall–Kier alpha value is -4.63. The zero-order valence-corrected chi connectivity index (χ0v) is 27.3. The molecule has 6 aromatic rings. The number of nitrogens with zero attached hydrogens (tertiary/aromatic N) is 5. The van der Waals surface area contributed by atoms with Gasteiger partial charge in [0, 0.05) is 28.3 Å². The molecule has 46 heavy (non-hydrogen) atoms. The molecule has 0 saturated heterocycles. The molecule has 0 aliphatic heterocycles. The SMILES string of the molecule is CC(OC(Cc1ccccn1)=S(=O)=O)c1nc(-c2cc3c(Nc4ccc(OCc5cccc(F)c5)c(Br)c4)ncnc3cn2)cs1. The van der Waals surface area contributed by atoms with E-state index in [4.69, 9.17) is 9.47 Å². The third-order valence-corrected chi connectivity index (χ3v) is 8.92. The second-order valence-corrected chi connectivity index (χ2v) is 12.6. The molecule has 1 atom stereocenters. The van der Waals surface area contributed by atoms with E-state index in [0.29, 0.717) is 43.6 Å². The number of rotatable bonds is 10. The van der Waals surface area contributed by atoms with Crippen LogP contribution in [0.5, 0.6) is 5.75 Å². The van der Waals surface area contributed by atoms with Crippen molar-refractivity contribution in [2.75, 3.05) is 5.32 Å². The first-order valence-electron chi connectivity index (χ1n) is 13.8. The summed E-state index contributed by atoms with van der Waals surface area (Å²) in [4.78, 5) is 22.2. The molecule has 2 aromatic carbocycles. The smallest absolute Gasteiger partial charge is 0.241 e. The van der Waals surface area contributed by atoms with Gasteiger partial charge >= 0.3 is 0 Å². The number of nitrogens with one attached hydrogen (secondary N) is 1. The van der Waals surface area contributed by atoms with Gasteiger partial charge in [-0.1, -0.05) is 18.2 Å². The summed E-state index contributed by atoms with van der Waals surface area (Å²) >= 11 is 4.90. The Morgan fingerprint density at radius 3 is 2.70 bits per heavy atom. The average Bonchev–Trinajstić information content (AvgIpc) is 3.55. The van der Waals surface area contributed by atoms with Crippen LogP contribution in [0.15, 0.2) is 95.3 Å². The highest BCUT2D eigenvalue weighted by Crippen LogP contribution is 2.33. The van der Waals surface area contributed by atoms with Gasteiger partial charge in [-0.15, -0.1) is 11.3 Å². The van der Waals surface area contributed by atoms with Crippen molar-refractivity contribution < 1.29 is 22.3 Å². The minimum Gasteiger partial charge on any atom is -0.488 e. The van der Waals surface area contributed by atoms with Crippen molar-refractivity contribution in [3.05, 3.63) is 117 Å². The van der Waals surface area contributed by atoms with Gasteiger partial charge in [-0.2, -0.15) is 8.42 Å². The zero-order chi connectivity index (χ0) is 32.0. The minimum atomic E-state index is -2.55. The van der Waals surface area contributed by atoms with Crippen LogP contribution >= 0.6 is 27.3 Å². The summed E-state index contributed by atoms with van der Waals surface area (Å²) in [5.41, 5.74) is 3.88. The third kappa shape index (κ3) is 7.59. The Kier molecular flexibility index (Phi) is 9.68. The van der Waals surface area contributed by atoms with Crippen LogP contribution < -0.4 is 10.1 Å². The fourth-order valence-electron chi connectivity index (χ4n) is 4.45. The number of hydrogen-bond acceptors (Lipinski definition) is 11. The lowest BCUT2D eigenvalue weighted by atomic mass is 10.2. The average molecular weight is 720 g/mol. The van der Waals surface area contributed by atoms with Crippen molar-refractivity contribution in [3.8, 4) is 17.1 Å². The number of anilines is 2. The molecule has 0 fully saturated rings. The molecule has 4 aromatic heterocycles. The Morgan fingerprint density at radius 1 is 1.02 bits per heavy atom. The zero-order valence-electron chi connectivity index (χ0n) is 24.1. The van der Waals surface area contributed by atoms with Crippen LogP contribution in [0, 0.1) is 5.82 Å². The summed E-state index contributed by atoms with van der Waals surface area (Å²) in [5, 5.41) is 6.37. The Labute approximate surface area is 277 Å². The van der Waals surface area contributed by atoms with Gasteiger partial charge < -0.3 is 14.8 Å². The first-order chi connectivity index (χ1) is 22.3. The quantitative estimate of drug-likeness (QED) is 0.147. The Balaban J connectivity index is 1.18. The van der Waals surface area contributed by atoms with Gasteiger partial charge in [0.1, 0.15) is 41.4 Å². The maximum absolute atomic E-state index is 13.5. The number of benzene rings is 2. The van der Waals surface area contributed by atoms with Crippen molar-refractivity contribution in [3.63, 3.8) is 0 Å². The maximum atomic E-state index is 13.5. The van der Waals surface area contributed by atoms with Crippen LogP contribution in [-0.2, 0) is 28.1 Å². The number of pyridine rings is 2. The molecule has 0 amide bonds. The molecule has 10 nitrogen and oxygen atoms in total. The topological polar surface area (TPSA) is 129 Å². The monoisotopic (exact) mass is 718 g/mol. The summed E-state index contributed by atoms with van der Waals surface area (Å²) < 4.78 is 49.6. The molecule has 1 unspecified atom stereocenters. The normalized spacial score (nSPS) is 11.7. The van der Waals surface area contributed by atoms with Crippen LogP contribution in [0.4, 0.5) is 15.9 Å². The molecular weight excluding hydrogens is 695 g/mol. The van der Waals surface area contributed by atoms with Crippen LogP contribution in [0.25, 0.3) is 22.3 Å². The number of thiazole rings is 1. The van der Waals surface area contributed by atoms with E-state index in [0.717, 1.165) is 16.6 Å². The highest BCUT2D eigenvalue weighted by molar-refractivity contribution is 9.10. The molecular formula is C32H24BrFN6O4S2. The molecule has 14 heteroatoms. The molecule has 232 valence electrons. The predicted molar refractivity (Wildman–Crippen MR) is 178 cm³/mol. The lowest BCUT2D eigenvalue weighted by Gasteiger charge is -2.12. The molecule has 4 heterocycles. The van der Waals surface area contributed by atoms with Gasteiger partial charge in [0.2, 0.25) is 10.3 Å². The summed E-state index contributed by atoms with van der Waals surface area (Å²) in [5.74, 6) is 0.857. The first kappa shape index (κ1) is 31.4. The summed E-state index contributed by atoms with van der Waals surface area (Å²) in [6.45, 7) is 1.97. The summed E-state index contributed by atoms with van der Waals surface area (Å²) in [6.07, 6.45) is 4.13. The fraction of sp³-hybridized carbons (Fsp3) is 0.125. The number of ether oxygens (including phenoxy) is 2. The lowest BCUT2D eigenvalue weighted by molar-refractivity contribution is 0.213. The predicted octanol–water partition coefficient (Wildman–Crippen LogP) is 7.10. The highest BCUT2D eigenvalue weighted by atomic mass is 79.9. The van der Waals surface area contributed by atoms with E-state index in [1.807, 2.05) is 29.6 Å². The van der Waals surface area contributed by atoms with Crippen LogP contribution in [0.3, 0.4) is 0 Å². The second kappa shape index (κ2) is 14.2. The highest BCUT2D eigenvalue weighted by Gasteiger charge is 2.18. The number of aromatic nitrogens is 5. The maximum Gasteiger partial charge on any atom is 0.241 e. The first-order valence-corrected chi connectivity index (χ1v) is 16.6. The van der Waals surface area contributed by atoms with Gasteiger partial charge in [-0.05, 0) is 76.9 Å². The van der Waals surface area contributed by atoms with Gasteiger partial charge in [-0.3, -0.25) is 9.97 Å². The summed E-state index contributed by atoms with van der Waals surface area (Å²) in [6, 6.07) is 18.9. The van der Waals surface area contributed by atoms with E-state index >= 15 is 0 Å². The van der Waals surface area contributed by atoms with E-state index in [9.17, 15) is 12.8 Å². The lowest BCUT2D eigenvalue weighted by Crippen LogP contribution is -2.13. The van der Waals surface area contributed by atoms with Gasteiger partial charge in [0.25, 0.3) is 0 Å². The van der Waals surface area contributed by atoms with Crippen LogP contribution in [-0.4, -0.2) is 38.4 Å². The molecule has 1 N–H and O–H groups in total. The van der Waals surface area contributed by atoms with Gasteiger partial charge in [0.15, 0.2) is 5.05 Å². The van der Waals surface area contributed by atoms with Crippen molar-refractivity contribution >= 4 is 65.0 Å². The number of halogens is 2. The number of hydrogen-bond donors (Lipinski definition) is 1. The molecule has 0 spiro atoms. The standard InChI is InChI=1S/C32H24BrFN6O4S2/c1-19(44-30(46(41)42)13-22-7-2-3-10-35-22)32-40-28(17-45-32)26-14-24-27(15-36-26)37-18-38-31(24)39-23-8-9-29(25(33)12-23)43-16-20-5-4-6-21(34)11-20/h2-12,14-15,17-19H,13,16H2,1H3,(H,37,38,39). The van der Waals surface area contributed by atoms with E-state index in [1.165, 1.54) is 29.8 Å². The Morgan fingerprint density at radius 2 is 1.91 bits per heavy atom.